The number of carbonyl (C=O) groups excluding carboxylic acids is 1. The summed E-state index contributed by atoms with van der Waals surface area (Å²) in [6, 6.07) is 6.00. The molecule has 0 aliphatic carbocycles. The van der Waals surface area contributed by atoms with Gasteiger partial charge < -0.3 is 9.64 Å². The number of benzene rings is 1. The first-order valence-electron chi connectivity index (χ1n) is 6.02. The number of nitrogens with zero attached hydrogens (tertiary/aromatic N) is 1. The lowest BCUT2D eigenvalue weighted by Crippen LogP contribution is -2.32. The molecule has 0 saturated heterocycles. The third-order valence-electron chi connectivity index (χ3n) is 2.85. The molecule has 1 unspecified atom stereocenters. The molecule has 0 aliphatic rings. The van der Waals surface area contributed by atoms with Crippen molar-refractivity contribution in [3.05, 3.63) is 29.3 Å². The van der Waals surface area contributed by atoms with E-state index in [1.807, 2.05) is 33.0 Å². The van der Waals surface area contributed by atoms with Crippen LogP contribution in [0, 0.1) is 6.92 Å². The molecule has 0 saturated carbocycles. The van der Waals surface area contributed by atoms with Crippen LogP contribution in [0.2, 0.25) is 0 Å². The largest absolute Gasteiger partial charge is 0.496 e. The van der Waals surface area contributed by atoms with Gasteiger partial charge in [-0.3, -0.25) is 4.79 Å². The second-order valence-corrected chi connectivity index (χ2v) is 5.49. The van der Waals surface area contributed by atoms with Crippen LogP contribution < -0.4 is 4.74 Å². The van der Waals surface area contributed by atoms with E-state index >= 15 is 0 Å². The molecule has 3 nitrogen and oxygen atoms in total. The fraction of sp³-hybridized carbons (Fsp3) is 0.500. The minimum atomic E-state index is -0.113. The summed E-state index contributed by atoms with van der Waals surface area (Å²) in [7, 11) is 3.46. The first kappa shape index (κ1) is 15.0. The number of amides is 1. The third-order valence-corrected chi connectivity index (χ3v) is 3.89. The molecule has 0 radical (unpaired) electrons. The smallest absolute Gasteiger partial charge is 0.236 e. The Balaban J connectivity index is 2.83. The first-order chi connectivity index (χ1) is 8.49. The molecule has 0 aromatic heterocycles. The summed E-state index contributed by atoms with van der Waals surface area (Å²) in [5.74, 6) is 0.920. The molecule has 0 spiro atoms. The normalized spacial score (nSPS) is 12.1. The van der Waals surface area contributed by atoms with Gasteiger partial charge in [-0.25, -0.2) is 0 Å². The van der Waals surface area contributed by atoms with Crippen molar-refractivity contribution < 1.29 is 9.53 Å². The summed E-state index contributed by atoms with van der Waals surface area (Å²) < 4.78 is 5.32. The number of halogens is 1. The Kier molecular flexibility index (Phi) is 5.66. The van der Waals surface area contributed by atoms with Gasteiger partial charge in [-0.1, -0.05) is 40.5 Å². The van der Waals surface area contributed by atoms with Crippen LogP contribution in [-0.4, -0.2) is 29.8 Å². The Morgan fingerprint density at radius 3 is 2.72 bits per heavy atom. The van der Waals surface area contributed by atoms with Crippen molar-refractivity contribution in [1.29, 1.82) is 0 Å². The van der Waals surface area contributed by atoms with Gasteiger partial charge in [0.1, 0.15) is 5.75 Å². The fourth-order valence-corrected chi connectivity index (χ4v) is 2.13. The van der Waals surface area contributed by atoms with Crippen LogP contribution in [-0.2, 0) is 11.3 Å². The second-order valence-electron chi connectivity index (χ2n) is 4.39. The van der Waals surface area contributed by atoms with Crippen molar-refractivity contribution in [2.45, 2.75) is 31.6 Å². The van der Waals surface area contributed by atoms with Gasteiger partial charge in [0, 0.05) is 19.2 Å². The summed E-state index contributed by atoms with van der Waals surface area (Å²) in [5, 5.41) is 0. The minimum Gasteiger partial charge on any atom is -0.496 e. The Morgan fingerprint density at radius 2 is 2.17 bits per heavy atom. The van der Waals surface area contributed by atoms with E-state index in [0.29, 0.717) is 6.54 Å². The molecular formula is C14H20BrNO2. The monoisotopic (exact) mass is 313 g/mol. The predicted molar refractivity (Wildman–Crippen MR) is 77.2 cm³/mol. The maximum absolute atomic E-state index is 12.0. The number of hydrogen-bond acceptors (Lipinski definition) is 2. The highest BCUT2D eigenvalue weighted by molar-refractivity contribution is 9.10. The molecule has 0 aliphatic heterocycles. The Hall–Kier alpha value is -1.03. The predicted octanol–water partition coefficient (Wildman–Crippen LogP) is 3.14. The number of methoxy groups -OCH3 is 1. The van der Waals surface area contributed by atoms with Crippen LogP contribution in [0.1, 0.15) is 24.5 Å². The van der Waals surface area contributed by atoms with Gasteiger partial charge in [-0.2, -0.15) is 0 Å². The van der Waals surface area contributed by atoms with Gasteiger partial charge in [0.25, 0.3) is 0 Å². The van der Waals surface area contributed by atoms with E-state index in [1.165, 1.54) is 0 Å². The molecule has 0 bridgehead atoms. The zero-order valence-electron chi connectivity index (χ0n) is 11.4. The summed E-state index contributed by atoms with van der Waals surface area (Å²) in [5.41, 5.74) is 2.20. The van der Waals surface area contributed by atoms with E-state index in [-0.39, 0.29) is 10.7 Å². The van der Waals surface area contributed by atoms with E-state index in [9.17, 15) is 4.79 Å². The van der Waals surface area contributed by atoms with Gasteiger partial charge in [-0.15, -0.1) is 0 Å². The molecule has 4 heteroatoms. The number of hydrogen-bond donors (Lipinski definition) is 0. The van der Waals surface area contributed by atoms with Crippen LogP contribution in [0.3, 0.4) is 0 Å². The quantitative estimate of drug-likeness (QED) is 0.782. The minimum absolute atomic E-state index is 0.0982. The highest BCUT2D eigenvalue weighted by atomic mass is 79.9. The summed E-state index contributed by atoms with van der Waals surface area (Å²) >= 11 is 3.38. The molecule has 1 amide bonds. The summed E-state index contributed by atoms with van der Waals surface area (Å²) in [6.07, 6.45) is 0.786. The van der Waals surface area contributed by atoms with E-state index in [2.05, 4.69) is 22.0 Å². The summed E-state index contributed by atoms with van der Waals surface area (Å²) in [6.45, 7) is 4.58. The van der Waals surface area contributed by atoms with Gasteiger partial charge in [-0.05, 0) is 19.4 Å². The van der Waals surface area contributed by atoms with Crippen LogP contribution in [0.15, 0.2) is 18.2 Å². The topological polar surface area (TPSA) is 29.5 Å². The molecule has 18 heavy (non-hydrogen) atoms. The van der Waals surface area contributed by atoms with Gasteiger partial charge >= 0.3 is 0 Å². The number of rotatable bonds is 5. The number of aryl methyl sites for hydroxylation is 1. The number of ether oxygens (including phenoxy) is 1. The van der Waals surface area contributed by atoms with Crippen LogP contribution in [0.4, 0.5) is 0 Å². The lowest BCUT2D eigenvalue weighted by molar-refractivity contribution is -0.129. The molecule has 1 rings (SSSR count). The SMILES string of the molecule is CCC(Br)C(=O)N(C)Cc1cc(C)ccc1OC. The van der Waals surface area contributed by atoms with E-state index in [4.69, 9.17) is 4.74 Å². The molecule has 0 fully saturated rings. The maximum atomic E-state index is 12.0. The van der Waals surface area contributed by atoms with Crippen LogP contribution in [0.5, 0.6) is 5.75 Å². The van der Waals surface area contributed by atoms with Gasteiger partial charge in [0.05, 0.1) is 11.9 Å². The molecule has 0 heterocycles. The molecule has 0 N–H and O–H groups in total. The first-order valence-corrected chi connectivity index (χ1v) is 6.93. The Labute approximate surface area is 117 Å². The van der Waals surface area contributed by atoms with Crippen molar-refractivity contribution in [3.63, 3.8) is 0 Å². The average Bonchev–Trinajstić information content (AvgIpc) is 2.37. The average molecular weight is 314 g/mol. The lowest BCUT2D eigenvalue weighted by Gasteiger charge is -2.21. The highest BCUT2D eigenvalue weighted by Gasteiger charge is 2.18. The highest BCUT2D eigenvalue weighted by Crippen LogP contribution is 2.21. The third kappa shape index (κ3) is 3.73. The van der Waals surface area contributed by atoms with Crippen molar-refractivity contribution in [2.24, 2.45) is 0 Å². The van der Waals surface area contributed by atoms with Crippen LogP contribution in [0.25, 0.3) is 0 Å². The zero-order valence-corrected chi connectivity index (χ0v) is 13.0. The Bertz CT molecular complexity index is 420. The molecule has 1 aromatic carbocycles. The molecule has 1 atom stereocenters. The second kappa shape index (κ2) is 6.78. The van der Waals surface area contributed by atoms with Crippen molar-refractivity contribution in [3.8, 4) is 5.75 Å². The standard InChI is InChI=1S/C14H20BrNO2/c1-5-12(15)14(17)16(3)9-11-8-10(2)6-7-13(11)18-4/h6-8,12H,5,9H2,1-4H3. The van der Waals surface area contributed by atoms with Gasteiger partial charge in [0.2, 0.25) is 5.91 Å². The van der Waals surface area contributed by atoms with E-state index in [1.54, 1.807) is 12.0 Å². The van der Waals surface area contributed by atoms with Crippen molar-refractivity contribution in [2.75, 3.05) is 14.2 Å². The van der Waals surface area contributed by atoms with Crippen LogP contribution >= 0.6 is 15.9 Å². The van der Waals surface area contributed by atoms with Crippen molar-refractivity contribution >= 4 is 21.8 Å². The number of alkyl halides is 1. The van der Waals surface area contributed by atoms with E-state index < -0.39 is 0 Å². The number of carbonyl (C=O) groups is 1. The van der Waals surface area contributed by atoms with E-state index in [0.717, 1.165) is 23.3 Å². The molecular weight excluding hydrogens is 294 g/mol. The van der Waals surface area contributed by atoms with Crippen molar-refractivity contribution in [1.82, 2.24) is 4.90 Å². The zero-order chi connectivity index (χ0) is 13.7. The van der Waals surface area contributed by atoms with Gasteiger partial charge in [0.15, 0.2) is 0 Å². The maximum Gasteiger partial charge on any atom is 0.236 e. The lowest BCUT2D eigenvalue weighted by atomic mass is 10.1. The Morgan fingerprint density at radius 1 is 1.50 bits per heavy atom. The summed E-state index contributed by atoms with van der Waals surface area (Å²) in [4.78, 5) is 13.6. The fourth-order valence-electron chi connectivity index (χ4n) is 1.78. The molecule has 100 valence electrons. The molecule has 1 aromatic rings.